The quantitative estimate of drug-likeness (QED) is 0.715. The van der Waals surface area contributed by atoms with E-state index in [0.717, 1.165) is 25.9 Å². The van der Waals surface area contributed by atoms with Gasteiger partial charge in [-0.15, -0.1) is 0 Å². The largest absolute Gasteiger partial charge is 0.299 e. The number of hydrogen-bond acceptors (Lipinski definition) is 2. The Bertz CT molecular complexity index is 767. The monoisotopic (exact) mass is 361 g/mol. The number of carbonyl (C=O) groups is 1. The van der Waals surface area contributed by atoms with E-state index in [4.69, 9.17) is 0 Å². The molecule has 2 nitrogen and oxygen atoms in total. The third kappa shape index (κ3) is 3.87. The van der Waals surface area contributed by atoms with E-state index in [1.807, 2.05) is 6.92 Å². The van der Waals surface area contributed by atoms with Crippen molar-refractivity contribution in [1.82, 2.24) is 4.90 Å². The highest BCUT2D eigenvalue weighted by atomic mass is 16.1. The first-order valence-corrected chi connectivity index (χ1v) is 10.5. The van der Waals surface area contributed by atoms with Crippen molar-refractivity contribution in [3.05, 3.63) is 71.3 Å². The molecule has 2 bridgehead atoms. The van der Waals surface area contributed by atoms with Gasteiger partial charge in [0, 0.05) is 31.5 Å². The lowest BCUT2D eigenvalue weighted by molar-refractivity contribution is -0.125. The summed E-state index contributed by atoms with van der Waals surface area (Å²) in [5.41, 5.74) is 4.02. The number of rotatable bonds is 5. The standard InChI is InChI=1S/C25H31NO/c1-3-24(27)25-22(21-12-9-18(2)10-13-21)15-20-11-14-23(25)26(17-20)16-19-7-5-4-6-8-19/h4-10,12-13,20,22-23,25H,3,11,14-17H2,1-2H3/t20?,22-,23?,25+/m1/s1. The molecule has 2 unspecified atom stereocenters. The van der Waals surface area contributed by atoms with Crippen LogP contribution in [0.4, 0.5) is 0 Å². The van der Waals surface area contributed by atoms with Crippen molar-refractivity contribution in [1.29, 1.82) is 0 Å². The fourth-order valence-electron chi connectivity index (χ4n) is 5.35. The van der Waals surface area contributed by atoms with Gasteiger partial charge in [0.1, 0.15) is 5.78 Å². The Morgan fingerprint density at radius 1 is 1.04 bits per heavy atom. The minimum Gasteiger partial charge on any atom is -0.299 e. The third-order valence-electron chi connectivity index (χ3n) is 6.72. The predicted octanol–water partition coefficient (Wildman–Crippen LogP) is 5.36. The van der Waals surface area contributed by atoms with Crippen molar-refractivity contribution in [3.8, 4) is 0 Å². The molecule has 4 atom stereocenters. The van der Waals surface area contributed by atoms with E-state index in [-0.39, 0.29) is 5.92 Å². The predicted molar refractivity (Wildman–Crippen MR) is 111 cm³/mol. The lowest BCUT2D eigenvalue weighted by Crippen LogP contribution is -2.46. The fraction of sp³-hybridized carbons (Fsp3) is 0.480. The summed E-state index contributed by atoms with van der Waals surface area (Å²) < 4.78 is 0. The minimum absolute atomic E-state index is 0.133. The smallest absolute Gasteiger partial charge is 0.137 e. The Morgan fingerprint density at radius 3 is 2.48 bits per heavy atom. The number of nitrogens with zero attached hydrogens (tertiary/aromatic N) is 1. The van der Waals surface area contributed by atoms with Crippen molar-refractivity contribution in [2.75, 3.05) is 6.54 Å². The summed E-state index contributed by atoms with van der Waals surface area (Å²) in [5.74, 6) is 1.65. The molecule has 27 heavy (non-hydrogen) atoms. The zero-order valence-corrected chi connectivity index (χ0v) is 16.6. The van der Waals surface area contributed by atoms with Gasteiger partial charge >= 0.3 is 0 Å². The van der Waals surface area contributed by atoms with Gasteiger partial charge in [-0.1, -0.05) is 67.1 Å². The van der Waals surface area contributed by atoms with Gasteiger partial charge in [0.2, 0.25) is 0 Å². The molecule has 1 saturated carbocycles. The highest BCUT2D eigenvalue weighted by molar-refractivity contribution is 5.82. The number of carbonyl (C=O) groups excluding carboxylic acids is 1. The molecule has 5 rings (SSSR count). The number of fused-ring (bicyclic) bond motifs is 4. The van der Waals surface area contributed by atoms with Gasteiger partial charge in [0.05, 0.1) is 0 Å². The van der Waals surface area contributed by atoms with Crippen molar-refractivity contribution in [2.45, 2.75) is 58.0 Å². The lowest BCUT2D eigenvalue weighted by Gasteiger charge is -2.40. The molecule has 1 aliphatic carbocycles. The molecule has 2 heteroatoms. The molecule has 0 radical (unpaired) electrons. The topological polar surface area (TPSA) is 20.3 Å². The molecule has 2 saturated heterocycles. The van der Waals surface area contributed by atoms with Crippen molar-refractivity contribution in [2.24, 2.45) is 11.8 Å². The van der Waals surface area contributed by atoms with E-state index in [0.29, 0.717) is 30.1 Å². The van der Waals surface area contributed by atoms with Crippen LogP contribution in [0.3, 0.4) is 0 Å². The third-order valence-corrected chi connectivity index (χ3v) is 6.72. The summed E-state index contributed by atoms with van der Waals surface area (Å²) in [7, 11) is 0. The fourth-order valence-corrected chi connectivity index (χ4v) is 5.35. The summed E-state index contributed by atoms with van der Waals surface area (Å²) in [4.78, 5) is 15.8. The van der Waals surface area contributed by atoms with Crippen molar-refractivity contribution < 1.29 is 4.79 Å². The van der Waals surface area contributed by atoms with E-state index in [2.05, 4.69) is 66.4 Å². The van der Waals surface area contributed by atoms with Gasteiger partial charge in [-0.05, 0) is 49.1 Å². The molecular weight excluding hydrogens is 330 g/mol. The summed E-state index contributed by atoms with van der Waals surface area (Å²) in [6, 6.07) is 20.1. The van der Waals surface area contributed by atoms with Crippen molar-refractivity contribution >= 4 is 5.78 Å². The second-order valence-electron chi connectivity index (χ2n) is 8.52. The van der Waals surface area contributed by atoms with Crippen LogP contribution in [0.15, 0.2) is 54.6 Å². The van der Waals surface area contributed by atoms with Crippen LogP contribution in [0.25, 0.3) is 0 Å². The zero-order chi connectivity index (χ0) is 18.8. The summed E-state index contributed by atoms with van der Waals surface area (Å²) in [6.07, 6.45) is 4.23. The van der Waals surface area contributed by atoms with Crippen LogP contribution < -0.4 is 0 Å². The van der Waals surface area contributed by atoms with Crippen LogP contribution in [0.1, 0.15) is 55.2 Å². The second kappa shape index (κ2) is 7.98. The van der Waals surface area contributed by atoms with Gasteiger partial charge in [-0.25, -0.2) is 0 Å². The average molecular weight is 362 g/mol. The van der Waals surface area contributed by atoms with Crippen LogP contribution in [0.5, 0.6) is 0 Å². The second-order valence-corrected chi connectivity index (χ2v) is 8.52. The lowest BCUT2D eigenvalue weighted by atomic mass is 9.76. The molecule has 2 aromatic rings. The highest BCUT2D eigenvalue weighted by Crippen LogP contribution is 2.46. The minimum atomic E-state index is 0.133. The van der Waals surface area contributed by atoms with Gasteiger partial charge < -0.3 is 0 Å². The Balaban J connectivity index is 1.67. The zero-order valence-electron chi connectivity index (χ0n) is 16.6. The molecule has 3 fully saturated rings. The maximum atomic E-state index is 13.1. The molecule has 0 spiro atoms. The molecule has 2 aromatic carbocycles. The molecule has 0 N–H and O–H groups in total. The number of Topliss-reactive ketones (excluding diaryl/α,β-unsaturated/α-hetero) is 1. The first-order valence-electron chi connectivity index (χ1n) is 10.5. The SMILES string of the molecule is CCC(=O)[C@@H]1C2CCC(C[C@@H]1c1ccc(C)cc1)CN2Cc1ccccc1. The number of aryl methyl sites for hydroxylation is 1. The van der Waals surface area contributed by atoms with Crippen LogP contribution in [-0.4, -0.2) is 23.3 Å². The first-order chi connectivity index (χ1) is 13.2. The van der Waals surface area contributed by atoms with Crippen LogP contribution >= 0.6 is 0 Å². The van der Waals surface area contributed by atoms with E-state index in [1.165, 1.54) is 23.1 Å². The maximum absolute atomic E-state index is 13.1. The number of piperidine rings is 1. The Labute approximate surface area is 163 Å². The van der Waals surface area contributed by atoms with Gasteiger partial charge in [0.15, 0.2) is 0 Å². The van der Waals surface area contributed by atoms with Crippen LogP contribution in [0.2, 0.25) is 0 Å². The van der Waals surface area contributed by atoms with E-state index in [9.17, 15) is 4.79 Å². The normalized spacial score (nSPS) is 28.1. The molecule has 0 amide bonds. The first kappa shape index (κ1) is 18.4. The van der Waals surface area contributed by atoms with Gasteiger partial charge in [-0.2, -0.15) is 0 Å². The summed E-state index contributed by atoms with van der Waals surface area (Å²) in [6.45, 7) is 6.27. The molecular formula is C25H31NO. The molecule has 2 heterocycles. The van der Waals surface area contributed by atoms with Crippen LogP contribution in [-0.2, 0) is 11.3 Å². The molecule has 0 aromatic heterocycles. The van der Waals surface area contributed by atoms with Gasteiger partial charge in [-0.3, -0.25) is 9.69 Å². The number of hydrogen-bond donors (Lipinski definition) is 0. The van der Waals surface area contributed by atoms with Crippen LogP contribution in [0, 0.1) is 18.8 Å². The molecule has 142 valence electrons. The Kier molecular flexibility index (Phi) is 5.45. The highest BCUT2D eigenvalue weighted by Gasteiger charge is 2.45. The Hall–Kier alpha value is -1.93. The Morgan fingerprint density at radius 2 is 1.78 bits per heavy atom. The summed E-state index contributed by atoms with van der Waals surface area (Å²) in [5, 5.41) is 0. The van der Waals surface area contributed by atoms with Gasteiger partial charge in [0.25, 0.3) is 0 Å². The van der Waals surface area contributed by atoms with Crippen molar-refractivity contribution in [3.63, 3.8) is 0 Å². The average Bonchev–Trinajstić information content (AvgIpc) is 2.97. The van der Waals surface area contributed by atoms with E-state index < -0.39 is 0 Å². The number of ketones is 1. The van der Waals surface area contributed by atoms with E-state index >= 15 is 0 Å². The summed E-state index contributed by atoms with van der Waals surface area (Å²) >= 11 is 0. The van der Waals surface area contributed by atoms with E-state index in [1.54, 1.807) is 0 Å². The molecule has 2 aliphatic heterocycles. The number of benzene rings is 2. The maximum Gasteiger partial charge on any atom is 0.137 e. The molecule has 3 aliphatic rings.